The van der Waals surface area contributed by atoms with Gasteiger partial charge in [0.05, 0.1) is 6.20 Å². The Morgan fingerprint density at radius 1 is 1.20 bits per heavy atom. The number of hydrogen-bond donors (Lipinski definition) is 2. The Morgan fingerprint density at radius 3 is 2.84 bits per heavy atom. The monoisotopic (exact) mass is 335 g/mol. The van der Waals surface area contributed by atoms with Gasteiger partial charge < -0.3 is 9.84 Å². The summed E-state index contributed by atoms with van der Waals surface area (Å²) in [5.74, 6) is 2.65. The molecule has 0 radical (unpaired) electrons. The van der Waals surface area contributed by atoms with Gasteiger partial charge in [-0.3, -0.25) is 9.89 Å². The summed E-state index contributed by atoms with van der Waals surface area (Å²) in [4.78, 5) is 17.0. The van der Waals surface area contributed by atoms with Crippen LogP contribution in [0.4, 0.5) is 5.82 Å². The molecule has 1 amide bonds. The van der Waals surface area contributed by atoms with E-state index in [4.69, 9.17) is 4.52 Å². The molecule has 2 aliphatic rings. The van der Waals surface area contributed by atoms with Crippen LogP contribution < -0.4 is 5.32 Å². The maximum atomic E-state index is 12.6. The summed E-state index contributed by atoms with van der Waals surface area (Å²) in [6.45, 7) is 0. The minimum absolute atomic E-state index is 0.182. The van der Waals surface area contributed by atoms with Crippen molar-refractivity contribution in [2.75, 3.05) is 5.32 Å². The fourth-order valence-electron chi connectivity index (χ4n) is 2.93. The first-order valence-electron chi connectivity index (χ1n) is 8.56. The zero-order valence-corrected chi connectivity index (χ0v) is 13.5. The second-order valence-corrected chi connectivity index (χ2v) is 6.74. The predicted octanol–water partition coefficient (Wildman–Crippen LogP) is 3.47. The Bertz CT molecular complexity index is 936. The topological polar surface area (TPSA) is 96.7 Å². The van der Waals surface area contributed by atoms with Crippen molar-refractivity contribution < 1.29 is 9.32 Å². The first-order valence-corrected chi connectivity index (χ1v) is 8.56. The van der Waals surface area contributed by atoms with Crippen molar-refractivity contribution in [2.24, 2.45) is 0 Å². The van der Waals surface area contributed by atoms with Crippen molar-refractivity contribution in [2.45, 2.75) is 37.5 Å². The summed E-state index contributed by atoms with van der Waals surface area (Å²) >= 11 is 0. The van der Waals surface area contributed by atoms with Crippen molar-refractivity contribution in [1.82, 2.24) is 20.3 Å². The molecule has 0 spiro atoms. The van der Waals surface area contributed by atoms with Gasteiger partial charge in [-0.25, -0.2) is 0 Å². The Hall–Kier alpha value is -2.96. The summed E-state index contributed by atoms with van der Waals surface area (Å²) in [5, 5.41) is 13.9. The molecule has 0 unspecified atom stereocenters. The van der Waals surface area contributed by atoms with Crippen LogP contribution in [0.2, 0.25) is 0 Å². The molecular weight excluding hydrogens is 318 g/mol. The molecule has 2 N–H and O–H groups in total. The number of anilines is 1. The Kier molecular flexibility index (Phi) is 3.19. The predicted molar refractivity (Wildman–Crippen MR) is 90.2 cm³/mol. The first-order chi connectivity index (χ1) is 12.3. The fraction of sp³-hybridized carbons (Fsp3) is 0.333. The Morgan fingerprint density at radius 2 is 2.04 bits per heavy atom. The van der Waals surface area contributed by atoms with Gasteiger partial charge in [-0.15, -0.1) is 0 Å². The van der Waals surface area contributed by atoms with E-state index >= 15 is 0 Å². The number of aromatic amines is 1. The van der Waals surface area contributed by atoms with Gasteiger partial charge in [0, 0.05) is 22.6 Å². The third kappa shape index (κ3) is 2.82. The molecule has 2 aliphatic carbocycles. The van der Waals surface area contributed by atoms with Crippen LogP contribution in [0.15, 0.2) is 35.0 Å². The SMILES string of the molecule is O=C(Nc1[nH]ncc1C1CC1)c1cccc(-c2noc(C3CC3)n2)c1. The van der Waals surface area contributed by atoms with Crippen molar-refractivity contribution in [3.05, 3.63) is 47.5 Å². The molecular formula is C18H17N5O2. The van der Waals surface area contributed by atoms with Gasteiger partial charge >= 0.3 is 0 Å². The molecule has 3 aromatic rings. The van der Waals surface area contributed by atoms with Crippen LogP contribution in [0.3, 0.4) is 0 Å². The van der Waals surface area contributed by atoms with E-state index in [9.17, 15) is 4.79 Å². The minimum Gasteiger partial charge on any atom is -0.339 e. The average Bonchev–Trinajstić information content (AvgIpc) is 3.57. The molecule has 0 atom stereocenters. The van der Waals surface area contributed by atoms with Crippen LogP contribution in [0, 0.1) is 0 Å². The fourth-order valence-corrected chi connectivity index (χ4v) is 2.93. The first kappa shape index (κ1) is 14.4. The zero-order valence-electron chi connectivity index (χ0n) is 13.5. The van der Waals surface area contributed by atoms with Gasteiger partial charge in [-0.2, -0.15) is 10.1 Å². The number of carbonyl (C=O) groups excluding carboxylic acids is 1. The average molecular weight is 335 g/mol. The number of H-pyrrole nitrogens is 1. The van der Waals surface area contributed by atoms with Gasteiger partial charge in [0.25, 0.3) is 5.91 Å². The summed E-state index contributed by atoms with van der Waals surface area (Å²) in [7, 11) is 0. The molecule has 0 bridgehead atoms. The minimum atomic E-state index is -0.182. The highest BCUT2D eigenvalue weighted by Crippen LogP contribution is 2.42. The van der Waals surface area contributed by atoms with E-state index in [1.54, 1.807) is 18.3 Å². The molecule has 2 saturated carbocycles. The summed E-state index contributed by atoms with van der Waals surface area (Å²) in [6.07, 6.45) is 6.32. The van der Waals surface area contributed by atoms with Crippen LogP contribution >= 0.6 is 0 Å². The third-order valence-electron chi connectivity index (χ3n) is 4.68. The number of rotatable bonds is 5. The van der Waals surface area contributed by atoms with Crippen molar-refractivity contribution in [3.63, 3.8) is 0 Å². The lowest BCUT2D eigenvalue weighted by Crippen LogP contribution is -2.13. The van der Waals surface area contributed by atoms with E-state index in [1.165, 1.54) is 0 Å². The van der Waals surface area contributed by atoms with Crippen LogP contribution in [-0.2, 0) is 0 Å². The highest BCUT2D eigenvalue weighted by Gasteiger charge is 2.30. The van der Waals surface area contributed by atoms with E-state index in [1.807, 2.05) is 12.1 Å². The van der Waals surface area contributed by atoms with E-state index in [-0.39, 0.29) is 5.91 Å². The lowest BCUT2D eigenvalue weighted by Gasteiger charge is -2.06. The highest BCUT2D eigenvalue weighted by molar-refractivity contribution is 6.04. The quantitative estimate of drug-likeness (QED) is 0.744. The van der Waals surface area contributed by atoms with Crippen molar-refractivity contribution in [1.29, 1.82) is 0 Å². The maximum absolute atomic E-state index is 12.6. The van der Waals surface area contributed by atoms with Crippen molar-refractivity contribution >= 4 is 11.7 Å². The highest BCUT2D eigenvalue weighted by atomic mass is 16.5. The van der Waals surface area contributed by atoms with Gasteiger partial charge in [-0.05, 0) is 43.7 Å². The number of hydrogen-bond acceptors (Lipinski definition) is 5. The van der Waals surface area contributed by atoms with Gasteiger partial charge in [-0.1, -0.05) is 17.3 Å². The summed E-state index contributed by atoms with van der Waals surface area (Å²) < 4.78 is 5.30. The number of benzene rings is 1. The van der Waals surface area contributed by atoms with Crippen LogP contribution in [0.25, 0.3) is 11.4 Å². The molecule has 2 aromatic heterocycles. The second-order valence-electron chi connectivity index (χ2n) is 6.74. The molecule has 2 heterocycles. The molecule has 5 rings (SSSR count). The number of carbonyl (C=O) groups is 1. The smallest absolute Gasteiger partial charge is 0.256 e. The van der Waals surface area contributed by atoms with Crippen LogP contribution in [0.5, 0.6) is 0 Å². The van der Waals surface area contributed by atoms with E-state index in [0.29, 0.717) is 34.9 Å². The molecule has 7 heteroatoms. The van der Waals surface area contributed by atoms with E-state index < -0.39 is 0 Å². The van der Waals surface area contributed by atoms with Crippen molar-refractivity contribution in [3.8, 4) is 11.4 Å². The summed E-state index contributed by atoms with van der Waals surface area (Å²) in [5.41, 5.74) is 2.40. The van der Waals surface area contributed by atoms with Gasteiger partial charge in [0.1, 0.15) is 5.82 Å². The number of aromatic nitrogens is 4. The largest absolute Gasteiger partial charge is 0.339 e. The molecule has 25 heavy (non-hydrogen) atoms. The maximum Gasteiger partial charge on any atom is 0.256 e. The van der Waals surface area contributed by atoms with Gasteiger partial charge in [0.15, 0.2) is 0 Å². The lowest BCUT2D eigenvalue weighted by atomic mass is 10.1. The number of nitrogens with one attached hydrogen (secondary N) is 2. The number of nitrogens with zero attached hydrogens (tertiary/aromatic N) is 3. The molecule has 1 aromatic carbocycles. The second kappa shape index (κ2) is 5.54. The standard InChI is InChI=1S/C18H17N5O2/c24-17(20-16-14(9-19-22-16)10-4-5-10)13-3-1-2-12(8-13)15-21-18(25-23-15)11-6-7-11/h1-3,8-11H,4-7H2,(H2,19,20,22,24). The molecule has 126 valence electrons. The van der Waals surface area contributed by atoms with Gasteiger partial charge in [0.2, 0.25) is 11.7 Å². The normalized spacial score (nSPS) is 16.8. The Balaban J connectivity index is 1.37. The lowest BCUT2D eigenvalue weighted by molar-refractivity contribution is 0.102. The van der Waals surface area contributed by atoms with E-state index in [2.05, 4.69) is 25.7 Å². The molecule has 7 nitrogen and oxygen atoms in total. The summed E-state index contributed by atoms with van der Waals surface area (Å²) in [6, 6.07) is 7.26. The molecule has 0 aliphatic heterocycles. The van der Waals surface area contributed by atoms with Crippen LogP contribution in [-0.4, -0.2) is 26.2 Å². The third-order valence-corrected chi connectivity index (χ3v) is 4.68. The zero-order chi connectivity index (χ0) is 16.8. The molecule has 0 saturated heterocycles. The number of amides is 1. The molecule has 2 fully saturated rings. The van der Waals surface area contributed by atoms with Crippen LogP contribution in [0.1, 0.15) is 59.3 Å². The van der Waals surface area contributed by atoms with E-state index in [0.717, 1.165) is 36.8 Å². The Labute approximate surface area is 143 Å².